The first-order valence-electron chi connectivity index (χ1n) is 4.33. The molecule has 0 atom stereocenters. The minimum Gasteiger partial charge on any atom is -0.465 e. The van der Waals surface area contributed by atoms with Crippen LogP contribution in [0.5, 0.6) is 0 Å². The van der Waals surface area contributed by atoms with Crippen molar-refractivity contribution < 1.29 is 13.9 Å². The van der Waals surface area contributed by atoms with Crippen LogP contribution in [0.3, 0.4) is 0 Å². The lowest BCUT2D eigenvalue weighted by molar-refractivity contribution is 0.0600. The minimum absolute atomic E-state index is 0.00787. The fraction of sp³-hybridized carbons (Fsp3) is 0.0909. The summed E-state index contributed by atoms with van der Waals surface area (Å²) in [6.07, 6.45) is 2.48. The fourth-order valence-electron chi connectivity index (χ4n) is 1.22. The Balaban J connectivity index is 3.39. The quantitative estimate of drug-likeness (QED) is 0.467. The van der Waals surface area contributed by atoms with E-state index in [1.165, 1.54) is 13.2 Å². The Kier molecular flexibility index (Phi) is 3.62. The zero-order valence-corrected chi connectivity index (χ0v) is 8.53. The number of esters is 1. The van der Waals surface area contributed by atoms with Crippen molar-refractivity contribution in [2.24, 2.45) is 0 Å². The van der Waals surface area contributed by atoms with Gasteiger partial charge in [-0.15, -0.1) is 0 Å². The third kappa shape index (κ3) is 2.36. The van der Waals surface area contributed by atoms with Gasteiger partial charge < -0.3 is 10.5 Å². The molecule has 0 aliphatic heterocycles. The number of ether oxygens (including phenoxy) is 1. The molecule has 0 amide bonds. The van der Waals surface area contributed by atoms with E-state index < -0.39 is 11.8 Å². The zero-order valence-electron chi connectivity index (χ0n) is 8.53. The number of carbonyl (C=O) groups excluding carboxylic acids is 1. The normalized spacial score (nSPS) is 10.1. The monoisotopic (exact) mass is 220 g/mol. The first-order valence-corrected chi connectivity index (χ1v) is 4.33. The lowest BCUT2D eigenvalue weighted by Crippen LogP contribution is -2.06. The van der Waals surface area contributed by atoms with Crippen molar-refractivity contribution in [1.29, 1.82) is 5.26 Å². The van der Waals surface area contributed by atoms with Crippen LogP contribution in [0, 0.1) is 17.1 Å². The largest absolute Gasteiger partial charge is 0.465 e. The number of allylic oxidation sites excluding steroid dienone is 1. The average Bonchev–Trinajstić information content (AvgIpc) is 2.26. The van der Waals surface area contributed by atoms with Crippen LogP contribution in [0.25, 0.3) is 6.08 Å². The average molecular weight is 220 g/mol. The summed E-state index contributed by atoms with van der Waals surface area (Å²) in [7, 11) is 1.18. The topological polar surface area (TPSA) is 76.1 Å². The Bertz CT molecular complexity index is 489. The van der Waals surface area contributed by atoms with Crippen molar-refractivity contribution in [3.63, 3.8) is 0 Å². The maximum absolute atomic E-state index is 13.0. The van der Waals surface area contributed by atoms with Crippen LogP contribution < -0.4 is 5.73 Å². The van der Waals surface area contributed by atoms with E-state index in [-0.39, 0.29) is 16.8 Å². The van der Waals surface area contributed by atoms with Crippen LogP contribution in [0.2, 0.25) is 0 Å². The van der Waals surface area contributed by atoms with Crippen molar-refractivity contribution >= 4 is 17.7 Å². The zero-order chi connectivity index (χ0) is 12.1. The lowest BCUT2D eigenvalue weighted by atomic mass is 10.0. The molecule has 0 saturated carbocycles. The highest BCUT2D eigenvalue weighted by Crippen LogP contribution is 2.21. The number of benzene rings is 1. The van der Waals surface area contributed by atoms with Gasteiger partial charge in [0.1, 0.15) is 5.82 Å². The number of rotatable bonds is 2. The molecule has 0 aliphatic rings. The van der Waals surface area contributed by atoms with Gasteiger partial charge in [-0.3, -0.25) is 0 Å². The molecular formula is C11H9FN2O2. The highest BCUT2D eigenvalue weighted by molar-refractivity contribution is 5.96. The van der Waals surface area contributed by atoms with Gasteiger partial charge in [-0.05, 0) is 18.2 Å². The van der Waals surface area contributed by atoms with E-state index in [0.717, 1.165) is 18.2 Å². The number of hydrogen-bond donors (Lipinski definition) is 1. The summed E-state index contributed by atoms with van der Waals surface area (Å²) in [6.45, 7) is 0. The van der Waals surface area contributed by atoms with E-state index in [4.69, 9.17) is 11.0 Å². The van der Waals surface area contributed by atoms with Crippen LogP contribution in [-0.4, -0.2) is 13.1 Å². The highest BCUT2D eigenvalue weighted by atomic mass is 19.1. The first kappa shape index (κ1) is 11.7. The Morgan fingerprint density at radius 2 is 2.31 bits per heavy atom. The van der Waals surface area contributed by atoms with Gasteiger partial charge in [-0.25, -0.2) is 9.18 Å². The highest BCUT2D eigenvalue weighted by Gasteiger charge is 2.14. The van der Waals surface area contributed by atoms with Crippen LogP contribution in [-0.2, 0) is 4.74 Å². The molecule has 0 heterocycles. The van der Waals surface area contributed by atoms with Crippen molar-refractivity contribution in [1.82, 2.24) is 0 Å². The minimum atomic E-state index is -0.705. The molecule has 0 spiro atoms. The van der Waals surface area contributed by atoms with Crippen LogP contribution in [0.4, 0.5) is 10.1 Å². The van der Waals surface area contributed by atoms with E-state index in [9.17, 15) is 9.18 Å². The molecule has 1 aromatic rings. The van der Waals surface area contributed by atoms with E-state index in [1.54, 1.807) is 6.07 Å². The molecule has 0 radical (unpaired) electrons. The molecule has 0 aliphatic carbocycles. The summed E-state index contributed by atoms with van der Waals surface area (Å²) in [5, 5.41) is 8.39. The van der Waals surface area contributed by atoms with Crippen LogP contribution in [0.15, 0.2) is 18.2 Å². The molecule has 0 fully saturated rings. The standard InChI is InChI=1S/C11H9FN2O2/c1-16-11(15)9-5-7(12)6-10(14)8(9)3-2-4-13/h2-3,5-6H,14H2,1H3. The number of nitrogen functional groups attached to an aromatic ring is 1. The second kappa shape index (κ2) is 4.94. The summed E-state index contributed by atoms with van der Waals surface area (Å²) in [5.74, 6) is -1.34. The van der Waals surface area contributed by atoms with E-state index in [1.807, 2.05) is 0 Å². The summed E-state index contributed by atoms with van der Waals surface area (Å²) in [4.78, 5) is 11.3. The lowest BCUT2D eigenvalue weighted by Gasteiger charge is -2.07. The first-order chi connectivity index (χ1) is 7.60. The second-order valence-corrected chi connectivity index (χ2v) is 2.91. The van der Waals surface area contributed by atoms with Crippen LogP contribution in [0.1, 0.15) is 15.9 Å². The second-order valence-electron chi connectivity index (χ2n) is 2.91. The molecule has 1 rings (SSSR count). The molecular weight excluding hydrogens is 211 g/mol. The Morgan fingerprint density at radius 1 is 1.62 bits per heavy atom. The van der Waals surface area contributed by atoms with Gasteiger partial charge >= 0.3 is 5.97 Å². The van der Waals surface area contributed by atoms with Gasteiger partial charge in [-0.2, -0.15) is 5.26 Å². The molecule has 82 valence electrons. The van der Waals surface area contributed by atoms with Crippen molar-refractivity contribution in [3.05, 3.63) is 35.2 Å². The van der Waals surface area contributed by atoms with E-state index in [0.29, 0.717) is 0 Å². The van der Waals surface area contributed by atoms with Gasteiger partial charge in [0.2, 0.25) is 0 Å². The van der Waals surface area contributed by atoms with Crippen molar-refractivity contribution in [2.45, 2.75) is 0 Å². The third-order valence-corrected chi connectivity index (χ3v) is 1.91. The number of halogens is 1. The summed E-state index contributed by atoms with van der Waals surface area (Å²) in [6, 6.07) is 3.85. The van der Waals surface area contributed by atoms with Gasteiger partial charge in [0.15, 0.2) is 0 Å². The maximum atomic E-state index is 13.0. The Morgan fingerprint density at radius 3 is 2.88 bits per heavy atom. The number of nitrogens with zero attached hydrogens (tertiary/aromatic N) is 1. The summed E-state index contributed by atoms with van der Waals surface area (Å²) >= 11 is 0. The molecule has 0 bridgehead atoms. The molecule has 2 N–H and O–H groups in total. The summed E-state index contributed by atoms with van der Waals surface area (Å²) < 4.78 is 17.5. The van der Waals surface area contributed by atoms with Gasteiger partial charge in [0.05, 0.1) is 18.7 Å². The molecule has 5 heteroatoms. The Hall–Kier alpha value is -2.35. The van der Waals surface area contributed by atoms with Crippen molar-refractivity contribution in [2.75, 3.05) is 12.8 Å². The third-order valence-electron chi connectivity index (χ3n) is 1.91. The Labute approximate surface area is 91.7 Å². The molecule has 0 aromatic heterocycles. The predicted octanol–water partition coefficient (Wildman–Crippen LogP) is 1.73. The number of anilines is 1. The smallest absolute Gasteiger partial charge is 0.338 e. The maximum Gasteiger partial charge on any atom is 0.338 e. The number of nitriles is 1. The fourth-order valence-corrected chi connectivity index (χ4v) is 1.22. The van der Waals surface area contributed by atoms with Gasteiger partial charge in [-0.1, -0.05) is 0 Å². The SMILES string of the molecule is COC(=O)c1cc(F)cc(N)c1C=CC#N. The van der Waals surface area contributed by atoms with Gasteiger partial charge in [0.25, 0.3) is 0 Å². The number of methoxy groups -OCH3 is 1. The number of nitrogens with two attached hydrogens (primary N) is 1. The number of carbonyl (C=O) groups is 1. The van der Waals surface area contributed by atoms with Crippen LogP contribution >= 0.6 is 0 Å². The van der Waals surface area contributed by atoms with Crippen molar-refractivity contribution in [3.8, 4) is 6.07 Å². The predicted molar refractivity (Wildman–Crippen MR) is 56.8 cm³/mol. The van der Waals surface area contributed by atoms with Gasteiger partial charge in [0, 0.05) is 17.3 Å². The summed E-state index contributed by atoms with van der Waals surface area (Å²) in [5.41, 5.74) is 5.89. The molecule has 4 nitrogen and oxygen atoms in total. The van der Waals surface area contributed by atoms with E-state index in [2.05, 4.69) is 4.74 Å². The molecule has 0 saturated heterocycles. The molecule has 1 aromatic carbocycles. The molecule has 0 unspecified atom stereocenters. The molecule has 16 heavy (non-hydrogen) atoms. The number of hydrogen-bond acceptors (Lipinski definition) is 4. The van der Waals surface area contributed by atoms with E-state index >= 15 is 0 Å².